The Bertz CT molecular complexity index is 561. The average molecular weight is 262 g/mol. The molecule has 5 heteroatoms. The van der Waals surface area contributed by atoms with Crippen molar-refractivity contribution < 1.29 is 9.53 Å². The number of aromatic nitrogens is 1. The van der Waals surface area contributed by atoms with Gasteiger partial charge in [-0.1, -0.05) is 41.2 Å². The van der Waals surface area contributed by atoms with Crippen LogP contribution in [-0.4, -0.2) is 17.6 Å². The summed E-state index contributed by atoms with van der Waals surface area (Å²) >= 11 is 1.29. The maximum absolute atomic E-state index is 11.8. The zero-order valence-electron chi connectivity index (χ0n) is 10.3. The van der Waals surface area contributed by atoms with Crippen molar-refractivity contribution in [2.75, 3.05) is 12.3 Å². The fourth-order valence-corrected chi connectivity index (χ4v) is 2.40. The first-order valence-corrected chi connectivity index (χ1v) is 6.44. The largest absolute Gasteiger partial charge is 0.461 e. The Balaban J connectivity index is 2.44. The Morgan fingerprint density at radius 3 is 2.67 bits per heavy atom. The van der Waals surface area contributed by atoms with Gasteiger partial charge in [-0.2, -0.15) is 0 Å². The molecule has 0 bridgehead atoms. The van der Waals surface area contributed by atoms with Crippen LogP contribution in [0.15, 0.2) is 24.3 Å². The zero-order valence-corrected chi connectivity index (χ0v) is 11.1. The number of hydrogen-bond acceptors (Lipinski definition) is 5. The Labute approximate surface area is 109 Å². The molecule has 18 heavy (non-hydrogen) atoms. The number of thiazole rings is 1. The fraction of sp³-hybridized carbons (Fsp3) is 0.231. The van der Waals surface area contributed by atoms with Gasteiger partial charge >= 0.3 is 5.97 Å². The molecule has 94 valence electrons. The Hall–Kier alpha value is -1.88. The molecule has 0 saturated heterocycles. The maximum atomic E-state index is 11.8. The van der Waals surface area contributed by atoms with Crippen LogP contribution in [-0.2, 0) is 4.74 Å². The number of nitrogens with zero attached hydrogens (tertiary/aromatic N) is 1. The van der Waals surface area contributed by atoms with E-state index in [9.17, 15) is 4.79 Å². The van der Waals surface area contributed by atoms with Gasteiger partial charge in [0.2, 0.25) is 0 Å². The summed E-state index contributed by atoms with van der Waals surface area (Å²) in [5.74, 6) is -0.430. The molecule has 0 radical (unpaired) electrons. The molecule has 1 aromatic heterocycles. The lowest BCUT2D eigenvalue weighted by atomic mass is 10.1. The van der Waals surface area contributed by atoms with Crippen LogP contribution in [0, 0.1) is 6.92 Å². The summed E-state index contributed by atoms with van der Waals surface area (Å²) in [6.07, 6.45) is 0. The lowest BCUT2D eigenvalue weighted by Crippen LogP contribution is -2.06. The van der Waals surface area contributed by atoms with E-state index in [0.29, 0.717) is 17.4 Å². The monoisotopic (exact) mass is 262 g/mol. The zero-order chi connectivity index (χ0) is 13.1. The second-order valence-electron chi connectivity index (χ2n) is 3.82. The van der Waals surface area contributed by atoms with Gasteiger partial charge in [-0.3, -0.25) is 0 Å². The summed E-state index contributed by atoms with van der Waals surface area (Å²) in [7, 11) is 0. The van der Waals surface area contributed by atoms with Crippen molar-refractivity contribution in [3.8, 4) is 10.4 Å². The first kappa shape index (κ1) is 12.6. The molecule has 0 saturated carbocycles. The predicted octanol–water partition coefficient (Wildman–Crippen LogP) is 2.88. The molecule has 4 nitrogen and oxygen atoms in total. The van der Waals surface area contributed by atoms with Gasteiger partial charge in [0.15, 0.2) is 10.8 Å². The molecular weight excluding hydrogens is 248 g/mol. The third kappa shape index (κ3) is 2.51. The Kier molecular flexibility index (Phi) is 3.62. The van der Waals surface area contributed by atoms with E-state index in [1.165, 1.54) is 11.3 Å². The smallest absolute Gasteiger partial charge is 0.358 e. The number of nitrogen functional groups attached to an aromatic ring is 1. The number of ether oxygens (including phenoxy) is 1. The number of carbonyl (C=O) groups excluding carboxylic acids is 1. The summed E-state index contributed by atoms with van der Waals surface area (Å²) in [5.41, 5.74) is 8.06. The summed E-state index contributed by atoms with van der Waals surface area (Å²) < 4.78 is 4.98. The molecule has 1 aromatic carbocycles. The second-order valence-corrected chi connectivity index (χ2v) is 4.85. The molecule has 2 N–H and O–H groups in total. The van der Waals surface area contributed by atoms with Gasteiger partial charge in [0.05, 0.1) is 11.5 Å². The highest BCUT2D eigenvalue weighted by molar-refractivity contribution is 7.19. The highest BCUT2D eigenvalue weighted by Crippen LogP contribution is 2.32. The topological polar surface area (TPSA) is 65.2 Å². The molecule has 2 aromatic rings. The molecular formula is C13H14N2O2S. The van der Waals surface area contributed by atoms with E-state index in [4.69, 9.17) is 10.5 Å². The fourth-order valence-electron chi connectivity index (χ4n) is 1.58. The first-order valence-electron chi connectivity index (χ1n) is 5.62. The molecule has 0 aliphatic carbocycles. The second kappa shape index (κ2) is 5.18. The van der Waals surface area contributed by atoms with Crippen molar-refractivity contribution in [2.24, 2.45) is 0 Å². The predicted molar refractivity (Wildman–Crippen MR) is 72.7 cm³/mol. The molecule has 0 unspecified atom stereocenters. The molecule has 0 spiro atoms. The van der Waals surface area contributed by atoms with E-state index in [-0.39, 0.29) is 0 Å². The number of anilines is 1. The normalized spacial score (nSPS) is 10.3. The number of carbonyl (C=O) groups is 1. The third-order valence-corrected chi connectivity index (χ3v) is 3.36. The number of esters is 1. The van der Waals surface area contributed by atoms with Crippen LogP contribution in [0.25, 0.3) is 10.4 Å². The van der Waals surface area contributed by atoms with E-state index >= 15 is 0 Å². The van der Waals surface area contributed by atoms with Crippen molar-refractivity contribution in [1.29, 1.82) is 0 Å². The van der Waals surface area contributed by atoms with Gasteiger partial charge in [-0.15, -0.1) is 0 Å². The lowest BCUT2D eigenvalue weighted by molar-refractivity contribution is 0.0521. The maximum Gasteiger partial charge on any atom is 0.358 e. The summed E-state index contributed by atoms with van der Waals surface area (Å²) in [5, 5.41) is 0.369. The van der Waals surface area contributed by atoms with Gasteiger partial charge in [0.25, 0.3) is 0 Å². The number of benzene rings is 1. The van der Waals surface area contributed by atoms with E-state index < -0.39 is 5.97 Å². The van der Waals surface area contributed by atoms with Gasteiger partial charge in [0, 0.05) is 0 Å². The minimum Gasteiger partial charge on any atom is -0.461 e. The highest BCUT2D eigenvalue weighted by atomic mass is 32.1. The van der Waals surface area contributed by atoms with E-state index in [0.717, 1.165) is 16.0 Å². The third-order valence-electron chi connectivity index (χ3n) is 2.43. The molecule has 0 fully saturated rings. The van der Waals surface area contributed by atoms with Crippen LogP contribution in [0.4, 0.5) is 5.13 Å². The average Bonchev–Trinajstić information content (AvgIpc) is 2.73. The SMILES string of the molecule is CCOC(=O)c1nc(N)sc1-c1ccc(C)cc1. The first-order chi connectivity index (χ1) is 8.61. The molecule has 0 atom stereocenters. The van der Waals surface area contributed by atoms with E-state index in [2.05, 4.69) is 4.98 Å². The van der Waals surface area contributed by atoms with Gasteiger partial charge in [-0.05, 0) is 19.4 Å². The standard InChI is InChI=1S/C13H14N2O2S/c1-3-17-12(16)10-11(18-13(14)15-10)9-6-4-8(2)5-7-9/h4-7H,3H2,1-2H3,(H2,14,15). The minimum atomic E-state index is -0.430. The van der Waals surface area contributed by atoms with Crippen molar-refractivity contribution in [2.45, 2.75) is 13.8 Å². The van der Waals surface area contributed by atoms with Crippen molar-refractivity contribution in [3.63, 3.8) is 0 Å². The summed E-state index contributed by atoms with van der Waals surface area (Å²) in [4.78, 5) is 16.6. The van der Waals surface area contributed by atoms with Gasteiger partial charge in [-0.25, -0.2) is 9.78 Å². The molecule has 0 aliphatic rings. The Morgan fingerprint density at radius 1 is 1.39 bits per heavy atom. The highest BCUT2D eigenvalue weighted by Gasteiger charge is 2.19. The molecule has 1 heterocycles. The molecule has 2 rings (SSSR count). The number of aryl methyl sites for hydroxylation is 1. The van der Waals surface area contributed by atoms with Crippen LogP contribution in [0.3, 0.4) is 0 Å². The number of rotatable bonds is 3. The number of nitrogens with two attached hydrogens (primary N) is 1. The van der Waals surface area contributed by atoms with Crippen LogP contribution >= 0.6 is 11.3 Å². The Morgan fingerprint density at radius 2 is 2.06 bits per heavy atom. The van der Waals surface area contributed by atoms with Crippen LogP contribution in [0.5, 0.6) is 0 Å². The molecule has 0 aliphatic heterocycles. The summed E-state index contributed by atoms with van der Waals surface area (Å²) in [6, 6.07) is 7.87. The minimum absolute atomic E-state index is 0.295. The summed E-state index contributed by atoms with van der Waals surface area (Å²) in [6.45, 7) is 4.10. The van der Waals surface area contributed by atoms with Crippen molar-refractivity contribution in [3.05, 3.63) is 35.5 Å². The van der Waals surface area contributed by atoms with Gasteiger partial charge in [0.1, 0.15) is 0 Å². The van der Waals surface area contributed by atoms with Crippen molar-refractivity contribution >= 4 is 22.4 Å². The van der Waals surface area contributed by atoms with Crippen molar-refractivity contribution in [1.82, 2.24) is 4.98 Å². The quantitative estimate of drug-likeness (QED) is 0.864. The lowest BCUT2D eigenvalue weighted by Gasteiger charge is -2.02. The van der Waals surface area contributed by atoms with E-state index in [1.54, 1.807) is 6.92 Å². The molecule has 0 amide bonds. The van der Waals surface area contributed by atoms with Crippen LogP contribution < -0.4 is 5.73 Å². The van der Waals surface area contributed by atoms with E-state index in [1.807, 2.05) is 31.2 Å². The van der Waals surface area contributed by atoms with Crippen LogP contribution in [0.2, 0.25) is 0 Å². The van der Waals surface area contributed by atoms with Gasteiger partial charge < -0.3 is 10.5 Å². The van der Waals surface area contributed by atoms with Crippen LogP contribution in [0.1, 0.15) is 23.0 Å². The number of hydrogen-bond donors (Lipinski definition) is 1.